The van der Waals surface area contributed by atoms with Gasteiger partial charge in [0.2, 0.25) is 5.91 Å². The molecule has 6 aromatic heterocycles. The standard InChI is InChI=1S/C59H85N13O17P2/c1-6-58(7-2,89-91(79,80)81)33-48-52(75)53(56(86-48)72-39-63-51-54(60)61-38-62-55(51)72)88-90(77,78)59(8-3,9-4)32-42(36-73)64-50(74)11-10-15-71-34-43(66-67-71)37-85-28-27-84-26-25-83-24-23-82-22-21-68-17-19-69(20-18-68)44-13-12-41-30-45(57(76)87-47(41)31-44)46-35-70-16-14-40(5)29-49(70)65-46/h12-14,16,29-31,34-35,38-39,42,48,52-53,56,73,75H,6-11,15,17-28,32-33,36-37H2,1-5H3,(H,64,74)(H,77,78)(H2,60,61,62)(H2,79,80,81)/t42?,48-,52?,53?,56-/m0/s1. The van der Waals surface area contributed by atoms with Crippen LogP contribution >= 0.6 is 15.4 Å². The number of aryl methyl sites for hydroxylation is 2. The number of phosphoric ester groups is 1. The molecule has 0 spiro atoms. The van der Waals surface area contributed by atoms with Crippen molar-refractivity contribution in [3.05, 3.63) is 89.3 Å². The third-order valence-electron chi connectivity index (χ3n) is 17.2. The summed E-state index contributed by atoms with van der Waals surface area (Å²) in [6.45, 7) is 15.9. The molecule has 0 saturated carbocycles. The fraction of sp³-hybridized carbons (Fsp3) is 0.593. The van der Waals surface area contributed by atoms with Gasteiger partial charge in [-0.3, -0.25) is 32.6 Å². The number of carbonyl (C=O) groups excluding carboxylic acids is 1. The quantitative estimate of drug-likeness (QED) is 0.0156. The van der Waals surface area contributed by atoms with Crippen molar-refractivity contribution in [2.24, 2.45) is 0 Å². The first-order valence-electron chi connectivity index (χ1n) is 30.8. The normalized spacial score (nSPS) is 18.9. The summed E-state index contributed by atoms with van der Waals surface area (Å²) in [4.78, 5) is 79.9. The number of aliphatic hydroxyl groups excluding tert-OH is 2. The van der Waals surface area contributed by atoms with Crippen molar-refractivity contribution < 1.29 is 76.0 Å². The lowest BCUT2D eigenvalue weighted by molar-refractivity contribution is -0.122. The Bertz CT molecular complexity index is 3680. The summed E-state index contributed by atoms with van der Waals surface area (Å²) in [6.07, 6.45) is 2.45. The smallest absolute Gasteiger partial charge is 0.422 e. The number of aromatic nitrogens is 9. The molecule has 4 unspecified atom stereocenters. The molecular formula is C59H85N13O17P2. The van der Waals surface area contributed by atoms with E-state index in [1.54, 1.807) is 38.6 Å². The SMILES string of the molecule is CCC(CC)(C[C@@H]1O[C@H](n2cnc3c(N)ncnc32)C(OP(=O)(O)C(CC)(CC)CC(CO)NC(=O)CCCn2cc(COCCOCCOCCOCCN3CCN(c4ccc5cc(-c6cn7ccc(C)cc7n6)c(=O)oc5c4)CC3)nn2)C1O)OP(=O)(O)O. The topological polar surface area (TPSA) is 383 Å². The van der Waals surface area contributed by atoms with Gasteiger partial charge in [-0.15, -0.1) is 5.10 Å². The number of amides is 1. The maximum absolute atomic E-state index is 14.8. The van der Waals surface area contributed by atoms with Crippen LogP contribution in [-0.2, 0) is 59.8 Å². The Balaban J connectivity index is 0.630. The minimum atomic E-state index is -5.02. The fourth-order valence-electron chi connectivity index (χ4n) is 11.7. The lowest BCUT2D eigenvalue weighted by atomic mass is 9.88. The van der Waals surface area contributed by atoms with Crippen molar-refractivity contribution in [3.63, 3.8) is 0 Å². The second kappa shape index (κ2) is 31.2. The Morgan fingerprint density at radius 2 is 1.59 bits per heavy atom. The summed E-state index contributed by atoms with van der Waals surface area (Å²) < 4.78 is 78.2. The molecule has 2 aliphatic heterocycles. The first-order valence-corrected chi connectivity index (χ1v) is 33.9. The minimum absolute atomic E-state index is 0.0343. The van der Waals surface area contributed by atoms with Crippen molar-refractivity contribution in [1.29, 1.82) is 0 Å². The van der Waals surface area contributed by atoms with Crippen molar-refractivity contribution in [3.8, 4) is 11.3 Å². The monoisotopic (exact) mass is 1310 g/mol. The number of benzene rings is 1. The predicted octanol–water partition coefficient (Wildman–Crippen LogP) is 4.91. The highest BCUT2D eigenvalue weighted by Crippen LogP contribution is 2.63. The van der Waals surface area contributed by atoms with Crippen molar-refractivity contribution in [1.82, 2.24) is 54.1 Å². The third-order valence-corrected chi connectivity index (χ3v) is 20.4. The highest BCUT2D eigenvalue weighted by atomic mass is 31.2. The van der Waals surface area contributed by atoms with Crippen molar-refractivity contribution in [2.45, 2.75) is 140 Å². The summed E-state index contributed by atoms with van der Waals surface area (Å²) in [5.41, 5.74) is 9.54. The van der Waals surface area contributed by atoms with Crippen LogP contribution in [0, 0.1) is 6.92 Å². The van der Waals surface area contributed by atoms with E-state index in [2.05, 4.69) is 51.4 Å². The van der Waals surface area contributed by atoms with E-state index in [9.17, 15) is 43.6 Å². The second-order valence-electron chi connectivity index (χ2n) is 23.0. The third kappa shape index (κ3) is 17.4. The molecule has 32 heteroatoms. The van der Waals surface area contributed by atoms with Crippen LogP contribution in [-0.4, -0.2) is 200 Å². The number of piperazine rings is 1. The number of hydrogen-bond acceptors (Lipinski definition) is 23. The lowest BCUT2D eigenvalue weighted by Crippen LogP contribution is -2.47. The number of nitrogens with one attached hydrogen (secondary N) is 1. The molecule has 2 fully saturated rings. The summed E-state index contributed by atoms with van der Waals surface area (Å²) in [7, 11) is -9.89. The van der Waals surface area contributed by atoms with Crippen LogP contribution in [0.3, 0.4) is 0 Å². The number of rotatable bonds is 36. The summed E-state index contributed by atoms with van der Waals surface area (Å²) in [5, 5.41) is 32.8. The Labute approximate surface area is 526 Å². The van der Waals surface area contributed by atoms with E-state index >= 15 is 0 Å². The Morgan fingerprint density at radius 1 is 0.879 bits per heavy atom. The predicted molar refractivity (Wildman–Crippen MR) is 334 cm³/mol. The van der Waals surface area contributed by atoms with Gasteiger partial charge in [-0.05, 0) is 81.3 Å². The maximum Gasteiger partial charge on any atom is 0.470 e. The molecule has 1 aromatic carbocycles. The highest BCUT2D eigenvalue weighted by Gasteiger charge is 2.56. The largest absolute Gasteiger partial charge is 0.470 e. The van der Waals surface area contributed by atoms with Gasteiger partial charge in [-0.25, -0.2) is 29.3 Å². The van der Waals surface area contributed by atoms with Gasteiger partial charge in [0, 0.05) is 81.6 Å². The number of imidazole rings is 2. The molecule has 8 N–H and O–H groups in total. The van der Waals surface area contributed by atoms with Gasteiger partial charge in [0.05, 0.1) is 106 Å². The van der Waals surface area contributed by atoms with Crippen LogP contribution in [0.15, 0.2) is 76.9 Å². The molecule has 6 atom stereocenters. The van der Waals surface area contributed by atoms with E-state index in [0.29, 0.717) is 81.7 Å². The van der Waals surface area contributed by atoms with Crippen molar-refractivity contribution in [2.75, 3.05) is 96.2 Å². The van der Waals surface area contributed by atoms with Gasteiger partial charge in [0.25, 0.3) is 0 Å². The zero-order valence-electron chi connectivity index (χ0n) is 52.0. The number of carbonyl (C=O) groups is 1. The molecule has 498 valence electrons. The van der Waals surface area contributed by atoms with Gasteiger partial charge >= 0.3 is 21.0 Å². The van der Waals surface area contributed by atoms with E-state index in [0.717, 1.165) is 55.0 Å². The number of anilines is 2. The Morgan fingerprint density at radius 3 is 2.29 bits per heavy atom. The van der Waals surface area contributed by atoms with E-state index in [1.165, 1.54) is 17.2 Å². The van der Waals surface area contributed by atoms with Crippen LogP contribution in [0.4, 0.5) is 11.5 Å². The number of ether oxygens (including phenoxy) is 5. The zero-order valence-corrected chi connectivity index (χ0v) is 53.8. The summed E-state index contributed by atoms with van der Waals surface area (Å²) >= 11 is 0. The summed E-state index contributed by atoms with van der Waals surface area (Å²) in [5.74, 6) is -0.377. The number of aliphatic hydroxyl groups is 2. The van der Waals surface area contributed by atoms with Gasteiger partial charge in [-0.1, -0.05) is 32.9 Å². The van der Waals surface area contributed by atoms with E-state index in [4.69, 9.17) is 42.9 Å². The number of fused-ring (bicyclic) bond motifs is 3. The molecule has 8 heterocycles. The number of nitrogen functional groups attached to an aromatic ring is 1. The van der Waals surface area contributed by atoms with Gasteiger partial charge in [0.15, 0.2) is 17.7 Å². The van der Waals surface area contributed by atoms with Crippen LogP contribution in [0.25, 0.3) is 39.0 Å². The first-order chi connectivity index (χ1) is 43.7. The average Bonchev–Trinajstić information content (AvgIpc) is 1.68. The van der Waals surface area contributed by atoms with Gasteiger partial charge in [0.1, 0.15) is 41.0 Å². The maximum atomic E-state index is 14.8. The van der Waals surface area contributed by atoms with Crippen LogP contribution in [0.2, 0.25) is 0 Å². The van der Waals surface area contributed by atoms with Crippen LogP contribution in [0.5, 0.6) is 0 Å². The zero-order chi connectivity index (χ0) is 64.9. The molecular weight excluding hydrogens is 1220 g/mol. The number of phosphoric acid groups is 1. The average molecular weight is 1310 g/mol. The second-order valence-corrected chi connectivity index (χ2v) is 26.4. The van der Waals surface area contributed by atoms with E-state index < -0.39 is 74.9 Å². The van der Waals surface area contributed by atoms with Gasteiger partial charge < -0.3 is 73.3 Å². The number of pyridine rings is 1. The molecule has 30 nitrogen and oxygen atoms in total. The van der Waals surface area contributed by atoms with E-state index in [1.807, 2.05) is 54.0 Å². The lowest BCUT2D eigenvalue weighted by Gasteiger charge is -2.39. The number of hydrogen-bond donors (Lipinski definition) is 7. The fourth-order valence-corrected chi connectivity index (χ4v) is 14.6. The van der Waals surface area contributed by atoms with Crippen molar-refractivity contribution >= 4 is 60.6 Å². The first kappa shape index (κ1) is 69.2. The molecule has 0 bridgehead atoms. The molecule has 0 aliphatic carbocycles. The van der Waals surface area contributed by atoms with Gasteiger partial charge in [-0.2, -0.15) is 0 Å². The Hall–Kier alpha value is -6.18. The molecule has 9 rings (SSSR count). The van der Waals surface area contributed by atoms with E-state index in [-0.39, 0.29) is 68.5 Å². The minimum Gasteiger partial charge on any atom is -0.422 e. The molecule has 1 amide bonds. The Kier molecular flexibility index (Phi) is 23.7. The van der Waals surface area contributed by atoms with Crippen LogP contribution in [0.1, 0.15) is 96.5 Å². The molecule has 7 aromatic rings. The van der Waals surface area contributed by atoms with Crippen LogP contribution < -0.4 is 21.6 Å². The molecule has 2 saturated heterocycles. The molecule has 91 heavy (non-hydrogen) atoms. The molecule has 2 aliphatic rings. The highest BCUT2D eigenvalue weighted by molar-refractivity contribution is 7.54. The number of nitrogens with two attached hydrogens (primary N) is 1. The molecule has 0 radical (unpaired) electrons. The summed E-state index contributed by atoms with van der Waals surface area (Å²) in [6, 6.07) is 10.9. The number of nitrogens with zero attached hydrogens (tertiary/aromatic N) is 11.